The average molecular weight is 340 g/mol. The van der Waals surface area contributed by atoms with E-state index in [0.717, 1.165) is 17.0 Å². The molecule has 1 aromatic carbocycles. The van der Waals surface area contributed by atoms with E-state index >= 15 is 0 Å². The minimum absolute atomic E-state index is 0.358. The van der Waals surface area contributed by atoms with Crippen LogP contribution in [0.15, 0.2) is 18.2 Å². The first-order valence-electron chi connectivity index (χ1n) is 6.14. The Kier molecular flexibility index (Phi) is 4.18. The Morgan fingerprint density at radius 2 is 1.95 bits per heavy atom. The number of rotatable bonds is 3. The molecule has 1 unspecified atom stereocenters. The third-order valence-corrected chi connectivity index (χ3v) is 4.66. The van der Waals surface area contributed by atoms with Crippen molar-refractivity contribution in [3.05, 3.63) is 35.1 Å². The van der Waals surface area contributed by atoms with E-state index in [0.29, 0.717) is 6.07 Å². The molecule has 22 heavy (non-hydrogen) atoms. The lowest BCUT2D eigenvalue weighted by atomic mass is 10.1. The maximum absolute atomic E-state index is 13.7. The zero-order chi connectivity index (χ0) is 16.7. The summed E-state index contributed by atoms with van der Waals surface area (Å²) in [7, 11) is -3.99. The van der Waals surface area contributed by atoms with Crippen molar-refractivity contribution in [3.63, 3.8) is 0 Å². The van der Waals surface area contributed by atoms with Gasteiger partial charge < -0.3 is 4.90 Å². The van der Waals surface area contributed by atoms with Crippen LogP contribution in [-0.2, 0) is 27.5 Å². The Labute approximate surface area is 123 Å². The molecule has 10 heteroatoms. The number of likely N-dealkylation sites (tertiary alicyclic amines) is 1. The average Bonchev–Trinajstić information content (AvgIpc) is 2.72. The molecule has 0 radical (unpaired) electrons. The van der Waals surface area contributed by atoms with Crippen LogP contribution in [0.5, 0.6) is 0 Å². The lowest BCUT2D eigenvalue weighted by molar-refractivity contribution is -0.139. The molecule has 1 saturated heterocycles. The van der Waals surface area contributed by atoms with Gasteiger partial charge in [0.05, 0.1) is 5.56 Å². The zero-order valence-electron chi connectivity index (χ0n) is 11.1. The first-order valence-corrected chi connectivity index (χ1v) is 7.75. The number of nitrogens with two attached hydrogens (primary N) is 1. The monoisotopic (exact) mass is 340 g/mol. The van der Waals surface area contributed by atoms with Gasteiger partial charge in [-0.15, -0.1) is 0 Å². The molecule has 1 aliphatic heterocycles. The zero-order valence-corrected chi connectivity index (χ0v) is 11.9. The molecule has 0 aliphatic carbocycles. The Hall–Kier alpha value is -1.68. The van der Waals surface area contributed by atoms with Gasteiger partial charge >= 0.3 is 6.18 Å². The summed E-state index contributed by atoms with van der Waals surface area (Å²) in [6.07, 6.45) is -5.20. The van der Waals surface area contributed by atoms with Crippen LogP contribution in [0, 0.1) is 5.82 Å². The van der Waals surface area contributed by atoms with Crippen molar-refractivity contribution in [2.45, 2.75) is 24.4 Å². The molecule has 0 bridgehead atoms. The summed E-state index contributed by atoms with van der Waals surface area (Å²) in [6, 6.07) is 2.47. The van der Waals surface area contributed by atoms with Gasteiger partial charge in [-0.1, -0.05) is 6.07 Å². The van der Waals surface area contributed by atoms with Gasteiger partial charge in [-0.25, -0.2) is 17.9 Å². The number of carbonyl (C=O) groups excluding carboxylic acids is 1. The molecule has 1 heterocycles. The van der Waals surface area contributed by atoms with Crippen LogP contribution < -0.4 is 5.14 Å². The fourth-order valence-corrected chi connectivity index (χ4v) is 3.05. The normalized spacial score (nSPS) is 19.8. The van der Waals surface area contributed by atoms with Crippen molar-refractivity contribution in [1.82, 2.24) is 4.90 Å². The van der Waals surface area contributed by atoms with Crippen molar-refractivity contribution >= 4 is 15.9 Å². The fraction of sp³-hybridized carbons (Fsp3) is 0.417. The Balaban J connectivity index is 2.31. The van der Waals surface area contributed by atoms with Gasteiger partial charge in [-0.3, -0.25) is 4.79 Å². The molecule has 2 rings (SSSR count). The van der Waals surface area contributed by atoms with Gasteiger partial charge in [0.15, 0.2) is 0 Å². The van der Waals surface area contributed by atoms with E-state index in [1.54, 1.807) is 0 Å². The molecular weight excluding hydrogens is 328 g/mol. The summed E-state index contributed by atoms with van der Waals surface area (Å²) in [4.78, 5) is 12.6. The van der Waals surface area contributed by atoms with E-state index in [9.17, 15) is 30.8 Å². The van der Waals surface area contributed by atoms with Crippen molar-refractivity contribution in [2.24, 2.45) is 5.14 Å². The topological polar surface area (TPSA) is 80.5 Å². The molecule has 0 aromatic heterocycles. The van der Waals surface area contributed by atoms with Crippen molar-refractivity contribution in [3.8, 4) is 0 Å². The summed E-state index contributed by atoms with van der Waals surface area (Å²) >= 11 is 0. The van der Waals surface area contributed by atoms with Crippen LogP contribution in [0.3, 0.4) is 0 Å². The molecule has 1 aliphatic rings. The first-order chi connectivity index (χ1) is 10.00. The molecule has 2 N–H and O–H groups in total. The highest BCUT2D eigenvalue weighted by Crippen LogP contribution is 2.34. The number of amides is 1. The van der Waals surface area contributed by atoms with E-state index in [-0.39, 0.29) is 6.54 Å². The third-order valence-electron chi connectivity index (χ3n) is 3.42. The predicted octanol–water partition coefficient (Wildman–Crippen LogP) is 1.23. The number of primary sulfonamides is 1. The number of sulfonamides is 1. The van der Waals surface area contributed by atoms with Gasteiger partial charge in [0, 0.05) is 25.1 Å². The van der Waals surface area contributed by atoms with E-state index in [1.165, 1.54) is 0 Å². The minimum Gasteiger partial charge on any atom is -0.337 e. The molecule has 1 amide bonds. The third kappa shape index (κ3) is 3.38. The first kappa shape index (κ1) is 16.7. The Morgan fingerprint density at radius 1 is 1.32 bits per heavy atom. The standard InChI is InChI=1S/C12H12F4N2O3S/c13-10-3-1-2-9(12(14,15)16)8(10)6-18-5-7(4-11(18)19)22(17,20)21/h1-3,7H,4-6H2,(H2,17,20,21). The summed E-state index contributed by atoms with van der Waals surface area (Å²) in [6.45, 7) is -1.02. The lowest BCUT2D eigenvalue weighted by Gasteiger charge is -2.20. The summed E-state index contributed by atoms with van der Waals surface area (Å²) in [5.41, 5.74) is -1.89. The second-order valence-electron chi connectivity index (χ2n) is 4.95. The SMILES string of the molecule is NS(=O)(=O)C1CC(=O)N(Cc2c(F)cccc2C(F)(F)F)C1. The number of carbonyl (C=O) groups is 1. The summed E-state index contributed by atoms with van der Waals surface area (Å²) in [5, 5.41) is 3.73. The number of alkyl halides is 3. The number of hydrogen-bond donors (Lipinski definition) is 1. The fourth-order valence-electron chi connectivity index (χ4n) is 2.28. The molecule has 1 atom stereocenters. The molecular formula is C12H12F4N2O3S. The van der Waals surface area contributed by atoms with Gasteiger partial charge in [-0.05, 0) is 12.1 Å². The van der Waals surface area contributed by atoms with Crippen LogP contribution in [0.25, 0.3) is 0 Å². The van der Waals surface area contributed by atoms with Crippen molar-refractivity contribution < 1.29 is 30.8 Å². The molecule has 0 saturated carbocycles. The highest BCUT2D eigenvalue weighted by Gasteiger charge is 2.39. The maximum atomic E-state index is 13.7. The summed E-state index contributed by atoms with van der Waals surface area (Å²) in [5.74, 6) is -1.79. The maximum Gasteiger partial charge on any atom is 0.416 e. The molecule has 122 valence electrons. The largest absolute Gasteiger partial charge is 0.416 e. The van der Waals surface area contributed by atoms with Crippen LogP contribution in [0.1, 0.15) is 17.5 Å². The van der Waals surface area contributed by atoms with Crippen molar-refractivity contribution in [2.75, 3.05) is 6.54 Å². The Bertz CT molecular complexity index is 703. The van der Waals surface area contributed by atoms with Gasteiger partial charge in [0.1, 0.15) is 11.1 Å². The van der Waals surface area contributed by atoms with Gasteiger partial charge in [-0.2, -0.15) is 13.2 Å². The molecule has 1 fully saturated rings. The van der Waals surface area contributed by atoms with E-state index in [2.05, 4.69) is 0 Å². The molecule has 0 spiro atoms. The quantitative estimate of drug-likeness (QED) is 0.841. The Morgan fingerprint density at radius 3 is 2.45 bits per heavy atom. The molecule has 5 nitrogen and oxygen atoms in total. The van der Waals surface area contributed by atoms with Gasteiger partial charge in [0.2, 0.25) is 15.9 Å². The number of halogens is 4. The lowest BCUT2D eigenvalue weighted by Crippen LogP contribution is -2.32. The smallest absolute Gasteiger partial charge is 0.337 e. The van der Waals surface area contributed by atoms with Crippen LogP contribution >= 0.6 is 0 Å². The second kappa shape index (κ2) is 5.51. The minimum atomic E-state index is -4.78. The number of hydrogen-bond acceptors (Lipinski definition) is 3. The van der Waals surface area contributed by atoms with E-state index in [1.807, 2.05) is 0 Å². The number of benzene rings is 1. The highest BCUT2D eigenvalue weighted by atomic mass is 32.2. The second-order valence-corrected chi connectivity index (χ2v) is 6.80. The van der Waals surface area contributed by atoms with Crippen LogP contribution in [0.2, 0.25) is 0 Å². The highest BCUT2D eigenvalue weighted by molar-refractivity contribution is 7.89. The van der Waals surface area contributed by atoms with Crippen LogP contribution in [-0.4, -0.2) is 31.0 Å². The molecule has 1 aromatic rings. The number of nitrogens with zero attached hydrogens (tertiary/aromatic N) is 1. The summed E-state index contributed by atoms with van der Waals surface area (Å²) < 4.78 is 74.8. The van der Waals surface area contributed by atoms with Gasteiger partial charge in [0.25, 0.3) is 0 Å². The van der Waals surface area contributed by atoms with E-state index in [4.69, 9.17) is 5.14 Å². The van der Waals surface area contributed by atoms with Crippen molar-refractivity contribution in [1.29, 1.82) is 0 Å². The predicted molar refractivity (Wildman–Crippen MR) is 68.3 cm³/mol. The van der Waals surface area contributed by atoms with Crippen LogP contribution in [0.4, 0.5) is 17.6 Å². The van der Waals surface area contributed by atoms with E-state index < -0.39 is 57.3 Å².